The molecule has 2 heterocycles. The van der Waals surface area contributed by atoms with Crippen LogP contribution in [0.4, 0.5) is 17.6 Å². The highest BCUT2D eigenvalue weighted by Crippen LogP contribution is 2.21. The van der Waals surface area contributed by atoms with Gasteiger partial charge in [-0.15, -0.1) is 0 Å². The van der Waals surface area contributed by atoms with E-state index in [9.17, 15) is 13.2 Å². The number of sulfonamides is 1. The van der Waals surface area contributed by atoms with Crippen LogP contribution in [-0.2, 0) is 26.2 Å². The Balaban J connectivity index is 1.56. The molecular formula is C17H22N6O4S. The zero-order valence-corrected chi connectivity index (χ0v) is 16.2. The average molecular weight is 406 g/mol. The van der Waals surface area contributed by atoms with Crippen LogP contribution in [0.5, 0.6) is 0 Å². The van der Waals surface area contributed by atoms with Crippen LogP contribution in [0.15, 0.2) is 30.3 Å². The third kappa shape index (κ3) is 5.36. The van der Waals surface area contributed by atoms with Gasteiger partial charge in [-0.1, -0.05) is 18.2 Å². The Hall–Kier alpha value is -2.79. The number of esters is 1. The fourth-order valence-corrected chi connectivity index (χ4v) is 3.76. The molecule has 3 N–H and O–H groups in total. The standard InChI is InChI=1S/C17H22N6O4S/c1-28(25,26)23-9-7-12(8-10-23)15(24)27-11-14-20-16(18)22-17(21-14)19-13-5-3-2-4-6-13/h2-6,12H,7-11H2,1H3,(H3,18,19,20,21,22). The summed E-state index contributed by atoms with van der Waals surface area (Å²) in [5, 5.41) is 3.01. The van der Waals surface area contributed by atoms with E-state index in [0.29, 0.717) is 25.9 Å². The monoisotopic (exact) mass is 406 g/mol. The summed E-state index contributed by atoms with van der Waals surface area (Å²) in [4.78, 5) is 24.5. The summed E-state index contributed by atoms with van der Waals surface area (Å²) >= 11 is 0. The minimum absolute atomic E-state index is 0.0148. The number of hydrogen-bond donors (Lipinski definition) is 2. The lowest BCUT2D eigenvalue weighted by atomic mass is 9.98. The van der Waals surface area contributed by atoms with Crippen molar-refractivity contribution in [2.45, 2.75) is 19.4 Å². The van der Waals surface area contributed by atoms with Crippen LogP contribution in [0.3, 0.4) is 0 Å². The molecule has 10 nitrogen and oxygen atoms in total. The summed E-state index contributed by atoms with van der Waals surface area (Å²) in [6.07, 6.45) is 2.01. The first-order chi connectivity index (χ1) is 13.3. The zero-order valence-electron chi connectivity index (χ0n) is 15.4. The van der Waals surface area contributed by atoms with Gasteiger partial charge in [-0.05, 0) is 25.0 Å². The molecule has 0 bridgehead atoms. The van der Waals surface area contributed by atoms with Gasteiger partial charge >= 0.3 is 5.97 Å². The van der Waals surface area contributed by atoms with Crippen molar-refractivity contribution in [3.05, 3.63) is 36.2 Å². The number of para-hydroxylation sites is 1. The van der Waals surface area contributed by atoms with Crippen LogP contribution in [0.2, 0.25) is 0 Å². The van der Waals surface area contributed by atoms with Crippen molar-refractivity contribution in [1.29, 1.82) is 0 Å². The van der Waals surface area contributed by atoms with Crippen molar-refractivity contribution in [3.63, 3.8) is 0 Å². The quantitative estimate of drug-likeness (QED) is 0.670. The first-order valence-electron chi connectivity index (χ1n) is 8.75. The Morgan fingerprint density at radius 1 is 1.21 bits per heavy atom. The van der Waals surface area contributed by atoms with E-state index in [1.54, 1.807) is 0 Å². The lowest BCUT2D eigenvalue weighted by molar-refractivity contribution is -0.151. The van der Waals surface area contributed by atoms with Gasteiger partial charge in [0.25, 0.3) is 0 Å². The number of carbonyl (C=O) groups is 1. The molecule has 0 amide bonds. The summed E-state index contributed by atoms with van der Waals surface area (Å²) in [7, 11) is -3.23. The van der Waals surface area contributed by atoms with Crippen molar-refractivity contribution in [3.8, 4) is 0 Å². The topological polar surface area (TPSA) is 140 Å². The lowest BCUT2D eigenvalue weighted by Gasteiger charge is -2.28. The van der Waals surface area contributed by atoms with E-state index in [0.717, 1.165) is 11.9 Å². The van der Waals surface area contributed by atoms with Crippen LogP contribution in [-0.4, -0.2) is 53.0 Å². The molecule has 2 aromatic rings. The molecule has 3 rings (SSSR count). The van der Waals surface area contributed by atoms with E-state index < -0.39 is 16.0 Å². The summed E-state index contributed by atoms with van der Waals surface area (Å²) in [6, 6.07) is 9.32. The highest BCUT2D eigenvalue weighted by atomic mass is 32.2. The van der Waals surface area contributed by atoms with E-state index in [1.807, 2.05) is 30.3 Å². The van der Waals surface area contributed by atoms with Crippen LogP contribution < -0.4 is 11.1 Å². The molecule has 150 valence electrons. The number of nitrogens with one attached hydrogen (secondary N) is 1. The highest BCUT2D eigenvalue weighted by Gasteiger charge is 2.30. The van der Waals surface area contributed by atoms with Gasteiger partial charge in [0.2, 0.25) is 21.9 Å². The second-order valence-electron chi connectivity index (χ2n) is 6.47. The molecule has 0 unspecified atom stereocenters. The molecule has 1 saturated heterocycles. The molecule has 0 atom stereocenters. The van der Waals surface area contributed by atoms with Crippen LogP contribution >= 0.6 is 0 Å². The van der Waals surface area contributed by atoms with Crippen molar-refractivity contribution in [2.24, 2.45) is 5.92 Å². The van der Waals surface area contributed by atoms with Gasteiger partial charge in [0.15, 0.2) is 12.4 Å². The van der Waals surface area contributed by atoms with Gasteiger partial charge in [-0.25, -0.2) is 12.7 Å². The van der Waals surface area contributed by atoms with Crippen LogP contribution in [0.1, 0.15) is 18.7 Å². The number of nitrogens with zero attached hydrogens (tertiary/aromatic N) is 4. The van der Waals surface area contributed by atoms with Crippen molar-refractivity contribution >= 4 is 33.6 Å². The van der Waals surface area contributed by atoms with Gasteiger partial charge in [0.1, 0.15) is 0 Å². The molecule has 1 aliphatic rings. The number of nitrogens with two attached hydrogens (primary N) is 1. The molecule has 1 fully saturated rings. The normalized spacial score (nSPS) is 15.9. The maximum absolute atomic E-state index is 12.3. The lowest BCUT2D eigenvalue weighted by Crippen LogP contribution is -2.40. The predicted molar refractivity (Wildman–Crippen MR) is 103 cm³/mol. The van der Waals surface area contributed by atoms with E-state index >= 15 is 0 Å². The van der Waals surface area contributed by atoms with Crippen LogP contribution in [0.25, 0.3) is 0 Å². The molecule has 0 aliphatic carbocycles. The molecule has 1 aliphatic heterocycles. The first kappa shape index (κ1) is 20.0. The SMILES string of the molecule is CS(=O)(=O)N1CCC(C(=O)OCc2nc(N)nc(Nc3ccccc3)n2)CC1. The first-order valence-corrected chi connectivity index (χ1v) is 10.6. The number of hydrogen-bond acceptors (Lipinski definition) is 9. The number of benzene rings is 1. The van der Waals surface area contributed by atoms with Crippen LogP contribution in [0, 0.1) is 5.92 Å². The number of rotatable bonds is 6. The third-order valence-electron chi connectivity index (χ3n) is 4.33. The Labute approximate surface area is 163 Å². The van der Waals surface area contributed by atoms with Crippen molar-refractivity contribution in [2.75, 3.05) is 30.4 Å². The smallest absolute Gasteiger partial charge is 0.309 e. The molecule has 11 heteroatoms. The molecule has 28 heavy (non-hydrogen) atoms. The molecule has 1 aromatic carbocycles. The maximum Gasteiger partial charge on any atom is 0.309 e. The number of piperidine rings is 1. The minimum atomic E-state index is -3.23. The summed E-state index contributed by atoms with van der Waals surface area (Å²) in [6.45, 7) is 0.478. The fourth-order valence-electron chi connectivity index (χ4n) is 2.89. The molecular weight excluding hydrogens is 384 g/mol. The molecule has 1 aromatic heterocycles. The highest BCUT2D eigenvalue weighted by molar-refractivity contribution is 7.88. The zero-order chi connectivity index (χ0) is 20.1. The Bertz CT molecular complexity index is 930. The molecule has 0 saturated carbocycles. The largest absolute Gasteiger partial charge is 0.457 e. The Kier molecular flexibility index (Phi) is 6.05. The van der Waals surface area contributed by atoms with E-state index in [2.05, 4.69) is 20.3 Å². The second kappa shape index (κ2) is 8.48. The average Bonchev–Trinajstić information content (AvgIpc) is 2.66. The Morgan fingerprint density at radius 2 is 1.89 bits per heavy atom. The third-order valence-corrected chi connectivity index (χ3v) is 5.63. The van der Waals surface area contributed by atoms with Crippen molar-refractivity contribution < 1.29 is 17.9 Å². The van der Waals surface area contributed by atoms with E-state index in [1.165, 1.54) is 4.31 Å². The number of aromatic nitrogens is 3. The van der Waals surface area contributed by atoms with Gasteiger partial charge in [-0.3, -0.25) is 4.79 Å². The number of nitrogen functional groups attached to an aromatic ring is 1. The minimum Gasteiger partial charge on any atom is -0.457 e. The van der Waals surface area contributed by atoms with Gasteiger partial charge < -0.3 is 15.8 Å². The molecule has 0 radical (unpaired) electrons. The fraction of sp³-hybridized carbons (Fsp3) is 0.412. The number of carbonyl (C=O) groups excluding carboxylic acids is 1. The van der Waals surface area contributed by atoms with Crippen molar-refractivity contribution in [1.82, 2.24) is 19.3 Å². The summed E-state index contributed by atoms with van der Waals surface area (Å²) < 4.78 is 29.7. The molecule has 0 spiro atoms. The van der Waals surface area contributed by atoms with E-state index in [4.69, 9.17) is 10.5 Å². The summed E-state index contributed by atoms with van der Waals surface area (Å²) in [5.41, 5.74) is 6.50. The number of ether oxygens (including phenoxy) is 1. The van der Waals surface area contributed by atoms with Gasteiger partial charge in [0, 0.05) is 18.8 Å². The predicted octanol–water partition coefficient (Wildman–Crippen LogP) is 0.912. The summed E-state index contributed by atoms with van der Waals surface area (Å²) in [5.74, 6) is -0.246. The maximum atomic E-state index is 12.3. The van der Waals surface area contributed by atoms with E-state index in [-0.39, 0.29) is 30.2 Å². The number of anilines is 3. The Morgan fingerprint density at radius 3 is 2.54 bits per heavy atom. The second-order valence-corrected chi connectivity index (χ2v) is 8.45. The van der Waals surface area contributed by atoms with Gasteiger partial charge in [-0.2, -0.15) is 15.0 Å². The van der Waals surface area contributed by atoms with Gasteiger partial charge in [0.05, 0.1) is 12.2 Å².